The molecule has 1 aliphatic heterocycles. The van der Waals surface area contributed by atoms with Gasteiger partial charge in [0.25, 0.3) is 0 Å². The van der Waals surface area contributed by atoms with Gasteiger partial charge in [-0.3, -0.25) is 9.88 Å². The number of terminal acetylenes is 1. The molecule has 1 aromatic heterocycles. The maximum absolute atomic E-state index is 10.7. The third-order valence-electron chi connectivity index (χ3n) is 4.30. The minimum atomic E-state index is -0.937. The molecule has 0 unspecified atom stereocenters. The van der Waals surface area contributed by atoms with Gasteiger partial charge in [0, 0.05) is 48.8 Å². The van der Waals surface area contributed by atoms with Crippen LogP contribution in [-0.2, 0) is 6.54 Å². The number of likely N-dealkylation sites (tertiary alicyclic amines) is 1. The number of benzene rings is 1. The molecular weight excluding hydrogens is 290 g/mol. The Labute approximate surface area is 135 Å². The van der Waals surface area contributed by atoms with Crippen molar-refractivity contribution in [3.05, 3.63) is 41.7 Å². The molecule has 2 heterocycles. The van der Waals surface area contributed by atoms with Crippen molar-refractivity contribution >= 4 is 16.9 Å². The van der Waals surface area contributed by atoms with Crippen molar-refractivity contribution in [1.29, 1.82) is 0 Å². The van der Waals surface area contributed by atoms with Gasteiger partial charge in [-0.2, -0.15) is 0 Å². The predicted octanol–water partition coefficient (Wildman–Crippen LogP) is 2.45. The maximum atomic E-state index is 10.7. The molecule has 0 bridgehead atoms. The molecule has 0 spiro atoms. The van der Waals surface area contributed by atoms with E-state index in [0.717, 1.165) is 48.8 Å². The topological polar surface area (TPSA) is 65.5 Å². The average molecular weight is 309 g/mol. The number of pyridine rings is 1. The Morgan fingerprint density at radius 1 is 1.39 bits per heavy atom. The van der Waals surface area contributed by atoms with E-state index in [1.807, 2.05) is 6.20 Å². The number of piperidine rings is 1. The molecule has 5 heteroatoms. The zero-order valence-electron chi connectivity index (χ0n) is 12.8. The molecule has 23 heavy (non-hydrogen) atoms. The molecule has 0 radical (unpaired) electrons. The molecule has 1 amide bonds. The molecule has 0 atom stereocenters. The fourth-order valence-electron chi connectivity index (χ4n) is 3.09. The van der Waals surface area contributed by atoms with E-state index in [-0.39, 0.29) is 6.04 Å². The summed E-state index contributed by atoms with van der Waals surface area (Å²) in [7, 11) is 0. The lowest BCUT2D eigenvalue weighted by molar-refractivity contribution is 0.165. The highest BCUT2D eigenvalue weighted by Crippen LogP contribution is 2.21. The van der Waals surface area contributed by atoms with Crippen LogP contribution in [0, 0.1) is 12.3 Å². The number of hydrogen-bond acceptors (Lipinski definition) is 3. The first-order valence-electron chi connectivity index (χ1n) is 7.71. The highest BCUT2D eigenvalue weighted by molar-refractivity contribution is 5.87. The summed E-state index contributed by atoms with van der Waals surface area (Å²) in [6.07, 6.45) is 9.85. The second kappa shape index (κ2) is 6.67. The average Bonchev–Trinajstić information content (AvgIpc) is 2.55. The van der Waals surface area contributed by atoms with Gasteiger partial charge in [0.1, 0.15) is 0 Å². The van der Waals surface area contributed by atoms with E-state index < -0.39 is 6.09 Å². The Morgan fingerprint density at radius 3 is 2.87 bits per heavy atom. The molecule has 1 aliphatic rings. The normalized spacial score (nSPS) is 16.1. The lowest BCUT2D eigenvalue weighted by Gasteiger charge is -2.31. The number of hydrogen-bond donors (Lipinski definition) is 2. The molecule has 0 aliphatic carbocycles. The highest BCUT2D eigenvalue weighted by atomic mass is 16.4. The number of rotatable bonds is 3. The fourth-order valence-corrected chi connectivity index (χ4v) is 3.09. The van der Waals surface area contributed by atoms with Gasteiger partial charge in [-0.15, -0.1) is 6.42 Å². The van der Waals surface area contributed by atoms with E-state index in [9.17, 15) is 4.79 Å². The highest BCUT2D eigenvalue weighted by Gasteiger charge is 2.20. The summed E-state index contributed by atoms with van der Waals surface area (Å²) in [4.78, 5) is 17.2. The van der Waals surface area contributed by atoms with Crippen LogP contribution in [0.5, 0.6) is 0 Å². The van der Waals surface area contributed by atoms with Crippen LogP contribution >= 0.6 is 0 Å². The molecule has 5 nitrogen and oxygen atoms in total. The van der Waals surface area contributed by atoms with Crippen LogP contribution in [0.1, 0.15) is 24.0 Å². The minimum absolute atomic E-state index is 0.0690. The second-order valence-electron chi connectivity index (χ2n) is 5.89. The van der Waals surface area contributed by atoms with Crippen molar-refractivity contribution in [3.63, 3.8) is 0 Å². The Kier molecular flexibility index (Phi) is 4.45. The largest absolute Gasteiger partial charge is 0.465 e. The monoisotopic (exact) mass is 309 g/mol. The standard InChI is InChI=1S/C18H19N3O2/c1-2-14-10-19-11-15-4-3-13(9-17(14)15)12-21-7-5-16(6-8-21)20-18(22)23/h1,3-4,9-11,16,20H,5-8,12H2,(H,22,23). The third kappa shape index (κ3) is 3.61. The molecule has 1 aromatic carbocycles. The van der Waals surface area contributed by atoms with Crippen molar-refractivity contribution in [2.24, 2.45) is 0 Å². The Bertz CT molecular complexity index is 758. The van der Waals surface area contributed by atoms with Gasteiger partial charge in [0.15, 0.2) is 0 Å². The zero-order chi connectivity index (χ0) is 16.2. The summed E-state index contributed by atoms with van der Waals surface area (Å²) in [6.45, 7) is 2.63. The van der Waals surface area contributed by atoms with Gasteiger partial charge in [-0.25, -0.2) is 4.79 Å². The molecule has 2 aromatic rings. The first-order chi connectivity index (χ1) is 11.2. The number of amides is 1. The summed E-state index contributed by atoms with van der Waals surface area (Å²) in [5.41, 5.74) is 2.03. The molecular formula is C18H19N3O2. The lowest BCUT2D eigenvalue weighted by Crippen LogP contribution is -2.43. The second-order valence-corrected chi connectivity index (χ2v) is 5.89. The molecule has 2 N–H and O–H groups in total. The fraction of sp³-hybridized carbons (Fsp3) is 0.333. The number of nitrogens with one attached hydrogen (secondary N) is 1. The van der Waals surface area contributed by atoms with Crippen LogP contribution in [0.15, 0.2) is 30.6 Å². The van der Waals surface area contributed by atoms with E-state index in [2.05, 4.69) is 39.3 Å². The number of carbonyl (C=O) groups is 1. The van der Waals surface area contributed by atoms with E-state index in [4.69, 9.17) is 11.5 Å². The molecule has 1 fully saturated rings. The first-order valence-corrected chi connectivity index (χ1v) is 7.71. The third-order valence-corrected chi connectivity index (χ3v) is 4.30. The van der Waals surface area contributed by atoms with Gasteiger partial charge in [-0.1, -0.05) is 18.1 Å². The van der Waals surface area contributed by atoms with Crippen molar-refractivity contribution in [1.82, 2.24) is 15.2 Å². The van der Waals surface area contributed by atoms with Gasteiger partial charge in [0.2, 0.25) is 0 Å². The Morgan fingerprint density at radius 2 is 2.17 bits per heavy atom. The smallest absolute Gasteiger partial charge is 0.404 e. The number of aromatic nitrogens is 1. The van der Waals surface area contributed by atoms with E-state index in [1.54, 1.807) is 6.20 Å². The van der Waals surface area contributed by atoms with Crippen LogP contribution in [-0.4, -0.2) is 40.2 Å². The Balaban J connectivity index is 1.68. The first kappa shape index (κ1) is 15.3. The van der Waals surface area contributed by atoms with Gasteiger partial charge in [-0.05, 0) is 24.5 Å². The summed E-state index contributed by atoms with van der Waals surface area (Å²) in [6, 6.07) is 6.36. The molecule has 0 saturated carbocycles. The summed E-state index contributed by atoms with van der Waals surface area (Å²) >= 11 is 0. The van der Waals surface area contributed by atoms with E-state index >= 15 is 0 Å². The zero-order valence-corrected chi connectivity index (χ0v) is 12.8. The quantitative estimate of drug-likeness (QED) is 0.855. The molecule has 118 valence electrons. The van der Waals surface area contributed by atoms with Crippen molar-refractivity contribution in [2.45, 2.75) is 25.4 Å². The van der Waals surface area contributed by atoms with E-state index in [0.29, 0.717) is 0 Å². The summed E-state index contributed by atoms with van der Waals surface area (Å²) < 4.78 is 0. The summed E-state index contributed by atoms with van der Waals surface area (Å²) in [5, 5.41) is 13.4. The number of nitrogens with zero attached hydrogens (tertiary/aromatic N) is 2. The lowest BCUT2D eigenvalue weighted by atomic mass is 10.0. The van der Waals surface area contributed by atoms with Crippen LogP contribution in [0.2, 0.25) is 0 Å². The van der Waals surface area contributed by atoms with Gasteiger partial charge >= 0.3 is 6.09 Å². The maximum Gasteiger partial charge on any atom is 0.404 e. The van der Waals surface area contributed by atoms with Crippen molar-refractivity contribution in [2.75, 3.05) is 13.1 Å². The van der Waals surface area contributed by atoms with Crippen molar-refractivity contribution in [3.8, 4) is 12.3 Å². The number of carboxylic acid groups (broad SMARTS) is 1. The van der Waals surface area contributed by atoms with Crippen LogP contribution < -0.4 is 5.32 Å². The molecule has 3 rings (SSSR count). The summed E-state index contributed by atoms with van der Waals surface area (Å²) in [5.74, 6) is 2.68. The van der Waals surface area contributed by atoms with Gasteiger partial charge in [0.05, 0.1) is 5.56 Å². The van der Waals surface area contributed by atoms with Crippen LogP contribution in [0.3, 0.4) is 0 Å². The molecule has 1 saturated heterocycles. The number of fused-ring (bicyclic) bond motifs is 1. The van der Waals surface area contributed by atoms with Crippen molar-refractivity contribution < 1.29 is 9.90 Å². The van der Waals surface area contributed by atoms with Gasteiger partial charge < -0.3 is 10.4 Å². The minimum Gasteiger partial charge on any atom is -0.465 e. The predicted molar refractivity (Wildman–Crippen MR) is 89.1 cm³/mol. The SMILES string of the molecule is C#Cc1cncc2ccc(CN3CCC(NC(=O)O)CC3)cc12. The van der Waals surface area contributed by atoms with E-state index in [1.165, 1.54) is 5.56 Å². The van der Waals surface area contributed by atoms with Crippen LogP contribution in [0.4, 0.5) is 4.79 Å². The Hall–Kier alpha value is -2.58. The van der Waals surface area contributed by atoms with Crippen LogP contribution in [0.25, 0.3) is 10.8 Å².